The smallest absolute Gasteiger partial charge is 0.246 e. The first kappa shape index (κ1) is 11.8. The van der Waals surface area contributed by atoms with Gasteiger partial charge in [0.15, 0.2) is 0 Å². The molecule has 0 unspecified atom stereocenters. The molecule has 0 aromatic heterocycles. The summed E-state index contributed by atoms with van der Waals surface area (Å²) >= 11 is 6.02. The SMILES string of the molecule is C/C(=C/C(=O)N(C)C)c1ccccc1Cl. The summed E-state index contributed by atoms with van der Waals surface area (Å²) in [5.74, 6) is -0.0348. The van der Waals surface area contributed by atoms with Gasteiger partial charge in [0.25, 0.3) is 0 Å². The van der Waals surface area contributed by atoms with E-state index in [1.807, 2.05) is 31.2 Å². The van der Waals surface area contributed by atoms with Crippen molar-refractivity contribution in [1.82, 2.24) is 4.90 Å². The van der Waals surface area contributed by atoms with Crippen molar-refractivity contribution in [3.05, 3.63) is 40.9 Å². The van der Waals surface area contributed by atoms with Gasteiger partial charge in [0.05, 0.1) is 0 Å². The quantitative estimate of drug-likeness (QED) is 0.706. The molecule has 0 bridgehead atoms. The Morgan fingerprint density at radius 1 is 1.33 bits per heavy atom. The van der Waals surface area contributed by atoms with Crippen LogP contribution in [0.25, 0.3) is 5.57 Å². The van der Waals surface area contributed by atoms with E-state index in [4.69, 9.17) is 11.6 Å². The molecule has 0 fully saturated rings. The largest absolute Gasteiger partial charge is 0.345 e. The minimum Gasteiger partial charge on any atom is -0.345 e. The Labute approximate surface area is 95.2 Å². The lowest BCUT2D eigenvalue weighted by molar-refractivity contribution is -0.123. The van der Waals surface area contributed by atoms with Crippen molar-refractivity contribution >= 4 is 23.1 Å². The van der Waals surface area contributed by atoms with E-state index in [9.17, 15) is 4.79 Å². The van der Waals surface area contributed by atoms with Crippen molar-refractivity contribution in [3.63, 3.8) is 0 Å². The summed E-state index contributed by atoms with van der Waals surface area (Å²) < 4.78 is 0. The van der Waals surface area contributed by atoms with Gasteiger partial charge in [-0.2, -0.15) is 0 Å². The van der Waals surface area contributed by atoms with Crippen LogP contribution in [0.2, 0.25) is 5.02 Å². The van der Waals surface area contributed by atoms with Crippen molar-refractivity contribution in [2.24, 2.45) is 0 Å². The second-order valence-corrected chi connectivity index (χ2v) is 3.95. The van der Waals surface area contributed by atoms with E-state index in [1.165, 1.54) is 4.90 Å². The highest BCUT2D eigenvalue weighted by atomic mass is 35.5. The average molecular weight is 224 g/mol. The monoisotopic (exact) mass is 223 g/mol. The van der Waals surface area contributed by atoms with Crippen molar-refractivity contribution < 1.29 is 4.79 Å². The van der Waals surface area contributed by atoms with E-state index in [1.54, 1.807) is 20.2 Å². The summed E-state index contributed by atoms with van der Waals surface area (Å²) in [7, 11) is 3.44. The second-order valence-electron chi connectivity index (χ2n) is 3.54. The summed E-state index contributed by atoms with van der Waals surface area (Å²) in [4.78, 5) is 13.0. The van der Waals surface area contributed by atoms with Crippen molar-refractivity contribution in [1.29, 1.82) is 0 Å². The van der Waals surface area contributed by atoms with Crippen LogP contribution in [0.5, 0.6) is 0 Å². The van der Waals surface area contributed by atoms with Crippen molar-refractivity contribution in [2.45, 2.75) is 6.92 Å². The lowest BCUT2D eigenvalue weighted by atomic mass is 10.1. The highest BCUT2D eigenvalue weighted by Crippen LogP contribution is 2.22. The molecule has 1 aromatic rings. The zero-order valence-corrected chi connectivity index (χ0v) is 9.88. The van der Waals surface area contributed by atoms with Crippen LogP contribution in [0.4, 0.5) is 0 Å². The molecule has 0 heterocycles. The maximum absolute atomic E-state index is 11.4. The lowest BCUT2D eigenvalue weighted by Crippen LogP contribution is -2.19. The Kier molecular flexibility index (Phi) is 3.92. The minimum absolute atomic E-state index is 0.0348. The van der Waals surface area contributed by atoms with E-state index in [2.05, 4.69) is 0 Å². The normalized spacial score (nSPS) is 11.3. The van der Waals surface area contributed by atoms with E-state index < -0.39 is 0 Å². The highest BCUT2D eigenvalue weighted by molar-refractivity contribution is 6.32. The maximum atomic E-state index is 11.4. The Bertz CT molecular complexity index is 396. The zero-order valence-electron chi connectivity index (χ0n) is 9.12. The van der Waals surface area contributed by atoms with E-state index >= 15 is 0 Å². The topological polar surface area (TPSA) is 20.3 Å². The highest BCUT2D eigenvalue weighted by Gasteiger charge is 2.04. The lowest BCUT2D eigenvalue weighted by Gasteiger charge is -2.08. The number of carbonyl (C=O) groups is 1. The van der Waals surface area contributed by atoms with Crippen LogP contribution in [0.15, 0.2) is 30.3 Å². The second kappa shape index (κ2) is 4.99. The molecule has 0 saturated heterocycles. The molecule has 15 heavy (non-hydrogen) atoms. The number of nitrogens with zero attached hydrogens (tertiary/aromatic N) is 1. The van der Waals surface area contributed by atoms with Gasteiger partial charge in [-0.3, -0.25) is 4.79 Å². The molecule has 2 nitrogen and oxygen atoms in total. The van der Waals surface area contributed by atoms with Crippen molar-refractivity contribution in [3.8, 4) is 0 Å². The first-order chi connectivity index (χ1) is 7.02. The van der Waals surface area contributed by atoms with Gasteiger partial charge >= 0.3 is 0 Å². The van der Waals surface area contributed by atoms with Crippen LogP contribution < -0.4 is 0 Å². The zero-order chi connectivity index (χ0) is 11.4. The molecule has 0 aliphatic rings. The molecule has 0 N–H and O–H groups in total. The molecule has 1 aromatic carbocycles. The van der Waals surface area contributed by atoms with Crippen LogP contribution in [-0.4, -0.2) is 24.9 Å². The van der Waals surface area contributed by atoms with Gasteiger partial charge in [-0.25, -0.2) is 0 Å². The predicted octanol–water partition coefficient (Wildman–Crippen LogP) is 2.83. The first-order valence-electron chi connectivity index (χ1n) is 4.67. The van der Waals surface area contributed by atoms with Gasteiger partial charge in [-0.15, -0.1) is 0 Å². The number of likely N-dealkylation sites (N-methyl/N-ethyl adjacent to an activating group) is 1. The molecule has 0 aliphatic carbocycles. The van der Waals surface area contributed by atoms with Crippen LogP contribution >= 0.6 is 11.6 Å². The van der Waals surface area contributed by atoms with Gasteiger partial charge in [0.2, 0.25) is 5.91 Å². The molecule has 1 amide bonds. The van der Waals surface area contributed by atoms with Crippen LogP contribution in [0, 0.1) is 0 Å². The number of benzene rings is 1. The number of amides is 1. The van der Waals surface area contributed by atoms with Gasteiger partial charge in [-0.05, 0) is 24.1 Å². The molecule has 0 aliphatic heterocycles. The van der Waals surface area contributed by atoms with Gasteiger partial charge in [0, 0.05) is 25.2 Å². The van der Waals surface area contributed by atoms with Crippen LogP contribution in [0.3, 0.4) is 0 Å². The average Bonchev–Trinajstić information content (AvgIpc) is 2.18. The fourth-order valence-corrected chi connectivity index (χ4v) is 1.46. The Balaban J connectivity index is 2.99. The minimum atomic E-state index is -0.0348. The first-order valence-corrected chi connectivity index (χ1v) is 5.04. The molecule has 0 radical (unpaired) electrons. The third kappa shape index (κ3) is 3.10. The molecule has 0 saturated carbocycles. The Hall–Kier alpha value is -1.28. The summed E-state index contributed by atoms with van der Waals surface area (Å²) in [6.07, 6.45) is 1.58. The summed E-state index contributed by atoms with van der Waals surface area (Å²) in [5, 5.41) is 0.665. The molecule has 0 spiro atoms. The number of rotatable bonds is 2. The third-order valence-corrected chi connectivity index (χ3v) is 2.41. The predicted molar refractivity (Wildman–Crippen MR) is 63.8 cm³/mol. The van der Waals surface area contributed by atoms with Gasteiger partial charge < -0.3 is 4.90 Å². The number of allylic oxidation sites excluding steroid dienone is 1. The number of hydrogen-bond donors (Lipinski definition) is 0. The number of carbonyl (C=O) groups excluding carboxylic acids is 1. The molecule has 80 valence electrons. The molecule has 0 atom stereocenters. The summed E-state index contributed by atoms with van der Waals surface area (Å²) in [6.45, 7) is 1.88. The van der Waals surface area contributed by atoms with E-state index in [0.29, 0.717) is 5.02 Å². The number of halogens is 1. The Morgan fingerprint density at radius 2 is 1.93 bits per heavy atom. The molecule has 1 rings (SSSR count). The van der Waals surface area contributed by atoms with E-state index in [0.717, 1.165) is 11.1 Å². The standard InChI is InChI=1S/C12H14ClNO/c1-9(8-12(15)14(2)3)10-6-4-5-7-11(10)13/h4-8H,1-3H3/b9-8-. The molecular weight excluding hydrogens is 210 g/mol. The van der Waals surface area contributed by atoms with Crippen LogP contribution in [0.1, 0.15) is 12.5 Å². The van der Waals surface area contributed by atoms with Gasteiger partial charge in [-0.1, -0.05) is 29.8 Å². The third-order valence-electron chi connectivity index (χ3n) is 2.08. The number of hydrogen-bond acceptors (Lipinski definition) is 1. The van der Waals surface area contributed by atoms with Gasteiger partial charge in [0.1, 0.15) is 0 Å². The van der Waals surface area contributed by atoms with Crippen LogP contribution in [-0.2, 0) is 4.79 Å². The summed E-state index contributed by atoms with van der Waals surface area (Å²) in [6, 6.07) is 7.48. The summed E-state index contributed by atoms with van der Waals surface area (Å²) in [5.41, 5.74) is 1.77. The fourth-order valence-electron chi connectivity index (χ4n) is 1.17. The Morgan fingerprint density at radius 3 is 2.47 bits per heavy atom. The van der Waals surface area contributed by atoms with E-state index in [-0.39, 0.29) is 5.91 Å². The maximum Gasteiger partial charge on any atom is 0.246 e. The molecule has 3 heteroatoms. The fraction of sp³-hybridized carbons (Fsp3) is 0.250. The van der Waals surface area contributed by atoms with Crippen molar-refractivity contribution in [2.75, 3.05) is 14.1 Å². The molecular formula is C12H14ClNO.